The molecule has 0 heterocycles. The van der Waals surface area contributed by atoms with Gasteiger partial charge in [-0.05, 0) is 44.9 Å². The maximum atomic E-state index is 11.9. The molecule has 0 radical (unpaired) electrons. The summed E-state index contributed by atoms with van der Waals surface area (Å²) in [6.45, 7) is 6.37. The van der Waals surface area contributed by atoms with Crippen molar-refractivity contribution in [2.75, 3.05) is 0 Å². The third-order valence-corrected chi connectivity index (χ3v) is 5.56. The highest BCUT2D eigenvalue weighted by atomic mass is 16.7. The average Bonchev–Trinajstić information content (AvgIpc) is 2.65. The molecule has 0 atom stereocenters. The molecule has 0 aromatic heterocycles. The molecule has 0 bridgehead atoms. The Bertz CT molecular complexity index is 335. The lowest BCUT2D eigenvalue weighted by Crippen LogP contribution is -2.33. The molecule has 0 fully saturated rings. The number of hydrogen-bond donors (Lipinski definition) is 1. The van der Waals surface area contributed by atoms with Crippen LogP contribution in [0.4, 0.5) is 0 Å². The van der Waals surface area contributed by atoms with E-state index in [1.165, 1.54) is 70.6 Å². The van der Waals surface area contributed by atoms with Gasteiger partial charge in [0.05, 0.1) is 5.41 Å². The molecule has 0 unspecified atom stereocenters. The van der Waals surface area contributed by atoms with Gasteiger partial charge in [-0.25, -0.2) is 4.79 Å². The molecule has 0 aliphatic carbocycles. The lowest BCUT2D eigenvalue weighted by atomic mass is 9.78. The predicted octanol–water partition coefficient (Wildman–Crippen LogP) is 6.86. The summed E-state index contributed by atoms with van der Waals surface area (Å²) in [5.41, 5.74) is -0.369. The minimum Gasteiger partial charge on any atom is -0.373 e. The fraction of sp³-hybridized carbons (Fsp3) is 0.864. The Kier molecular flexibility index (Phi) is 16.1. The van der Waals surface area contributed by atoms with E-state index in [-0.39, 0.29) is 11.4 Å². The summed E-state index contributed by atoms with van der Waals surface area (Å²) < 4.78 is 0. The Morgan fingerprint density at radius 3 is 1.76 bits per heavy atom. The van der Waals surface area contributed by atoms with E-state index >= 15 is 0 Å². The quantitative estimate of drug-likeness (QED) is 0.176. The first kappa shape index (κ1) is 24.2. The molecule has 148 valence electrons. The number of allylic oxidation sites excluding steroid dienone is 2. The number of carbonyl (C=O) groups excluding carboxylic acids is 1. The number of hydrogen-bond acceptors (Lipinski definition) is 3. The molecule has 0 aromatic rings. The maximum absolute atomic E-state index is 11.9. The van der Waals surface area contributed by atoms with Crippen LogP contribution in [0, 0.1) is 5.41 Å². The molecule has 0 aliphatic rings. The van der Waals surface area contributed by atoms with Gasteiger partial charge in [-0.15, -0.1) is 0 Å². The van der Waals surface area contributed by atoms with E-state index in [1.54, 1.807) is 0 Å². The summed E-state index contributed by atoms with van der Waals surface area (Å²) in [5.74, 6) is 4.86. The van der Waals surface area contributed by atoms with Gasteiger partial charge in [0, 0.05) is 0 Å². The fourth-order valence-electron chi connectivity index (χ4n) is 3.48. The second-order valence-corrected chi connectivity index (χ2v) is 7.37. The molecule has 0 saturated heterocycles. The summed E-state index contributed by atoms with van der Waals surface area (Å²) in [6.07, 6.45) is 22.6. The van der Waals surface area contributed by atoms with Gasteiger partial charge in [0.2, 0.25) is 0 Å². The minimum atomic E-state index is -0.369. The number of carbonyl (C=O) groups is 1. The van der Waals surface area contributed by atoms with E-state index in [1.807, 2.05) is 0 Å². The van der Waals surface area contributed by atoms with Crippen molar-refractivity contribution in [2.24, 2.45) is 11.3 Å². The van der Waals surface area contributed by atoms with Crippen LogP contribution >= 0.6 is 0 Å². The van der Waals surface area contributed by atoms with Crippen LogP contribution in [0.2, 0.25) is 0 Å². The van der Waals surface area contributed by atoms with Gasteiger partial charge in [-0.2, -0.15) is 5.90 Å². The molecule has 2 N–H and O–H groups in total. The summed E-state index contributed by atoms with van der Waals surface area (Å²) >= 11 is 0. The van der Waals surface area contributed by atoms with E-state index in [0.29, 0.717) is 0 Å². The second kappa shape index (κ2) is 16.6. The van der Waals surface area contributed by atoms with E-state index in [0.717, 1.165) is 25.7 Å². The molecule has 0 aliphatic heterocycles. The Morgan fingerprint density at radius 2 is 1.28 bits per heavy atom. The van der Waals surface area contributed by atoms with Gasteiger partial charge in [-0.1, -0.05) is 84.3 Å². The molecule has 0 saturated carbocycles. The average molecular weight is 354 g/mol. The van der Waals surface area contributed by atoms with Crippen LogP contribution in [-0.4, -0.2) is 5.97 Å². The Labute approximate surface area is 156 Å². The van der Waals surface area contributed by atoms with Crippen molar-refractivity contribution in [3.63, 3.8) is 0 Å². The van der Waals surface area contributed by atoms with Crippen LogP contribution in [0.5, 0.6) is 0 Å². The van der Waals surface area contributed by atoms with Gasteiger partial charge in [0.15, 0.2) is 0 Å². The number of unbranched alkanes of at least 4 members (excludes halogenated alkanes) is 10. The van der Waals surface area contributed by atoms with Gasteiger partial charge in [0.1, 0.15) is 0 Å². The third kappa shape index (κ3) is 11.4. The zero-order chi connectivity index (χ0) is 18.8. The van der Waals surface area contributed by atoms with E-state index < -0.39 is 0 Å². The van der Waals surface area contributed by atoms with Crippen LogP contribution in [0.3, 0.4) is 0 Å². The summed E-state index contributed by atoms with van der Waals surface area (Å²) in [6, 6.07) is 0. The highest BCUT2D eigenvalue weighted by molar-refractivity contribution is 5.76. The molecular weight excluding hydrogens is 310 g/mol. The summed E-state index contributed by atoms with van der Waals surface area (Å²) in [4.78, 5) is 16.4. The number of nitrogens with two attached hydrogens (primary N) is 1. The highest BCUT2D eigenvalue weighted by Gasteiger charge is 2.35. The molecular formula is C22H43NO2. The van der Waals surface area contributed by atoms with Crippen LogP contribution < -0.4 is 5.90 Å². The van der Waals surface area contributed by atoms with Crippen molar-refractivity contribution in [2.45, 2.75) is 117 Å². The molecule has 0 spiro atoms. The van der Waals surface area contributed by atoms with Gasteiger partial charge in [0.25, 0.3) is 0 Å². The Morgan fingerprint density at radius 1 is 0.800 bits per heavy atom. The molecule has 3 heteroatoms. The Hall–Kier alpha value is -0.830. The highest BCUT2D eigenvalue weighted by Crippen LogP contribution is 2.34. The zero-order valence-corrected chi connectivity index (χ0v) is 17.2. The van der Waals surface area contributed by atoms with Gasteiger partial charge < -0.3 is 4.84 Å². The zero-order valence-electron chi connectivity index (χ0n) is 17.2. The molecule has 0 amide bonds. The van der Waals surface area contributed by atoms with Crippen molar-refractivity contribution in [1.82, 2.24) is 0 Å². The molecule has 3 nitrogen and oxygen atoms in total. The van der Waals surface area contributed by atoms with Crippen LogP contribution in [0.15, 0.2) is 12.2 Å². The van der Waals surface area contributed by atoms with E-state index in [2.05, 4.69) is 37.8 Å². The van der Waals surface area contributed by atoms with Crippen LogP contribution in [0.25, 0.3) is 0 Å². The lowest BCUT2D eigenvalue weighted by Gasteiger charge is -2.27. The van der Waals surface area contributed by atoms with Crippen molar-refractivity contribution in [3.05, 3.63) is 12.2 Å². The monoisotopic (exact) mass is 353 g/mol. The van der Waals surface area contributed by atoms with Crippen molar-refractivity contribution in [1.29, 1.82) is 0 Å². The SMILES string of the molecule is CCCCCCCC/C=C\CCCCCCC(CC)(CC)C(=O)ON. The van der Waals surface area contributed by atoms with Crippen molar-refractivity contribution < 1.29 is 9.63 Å². The first-order valence-electron chi connectivity index (χ1n) is 10.7. The summed E-state index contributed by atoms with van der Waals surface area (Å²) in [5, 5.41) is 0. The smallest absolute Gasteiger partial charge is 0.330 e. The first-order chi connectivity index (χ1) is 12.2. The standard InChI is InChI=1S/C22H43NO2/c1-4-7-8-9-10-11-12-13-14-15-16-17-18-19-20-22(5-2,6-3)21(24)25-23/h13-14H,4-12,15-20,23H2,1-3H3/b14-13-. The predicted molar refractivity (Wildman–Crippen MR) is 108 cm³/mol. The normalized spacial score (nSPS) is 12.0. The molecule has 0 rings (SSSR count). The fourth-order valence-corrected chi connectivity index (χ4v) is 3.48. The van der Waals surface area contributed by atoms with Gasteiger partial charge >= 0.3 is 5.97 Å². The van der Waals surface area contributed by atoms with E-state index in [4.69, 9.17) is 5.90 Å². The largest absolute Gasteiger partial charge is 0.373 e. The number of rotatable bonds is 17. The first-order valence-corrected chi connectivity index (χ1v) is 10.7. The topological polar surface area (TPSA) is 52.3 Å². The van der Waals surface area contributed by atoms with Crippen LogP contribution in [0.1, 0.15) is 117 Å². The minimum absolute atomic E-state index is 0.241. The van der Waals surface area contributed by atoms with Crippen molar-refractivity contribution >= 4 is 5.97 Å². The van der Waals surface area contributed by atoms with Crippen molar-refractivity contribution in [3.8, 4) is 0 Å². The van der Waals surface area contributed by atoms with Crippen LogP contribution in [-0.2, 0) is 9.63 Å². The van der Waals surface area contributed by atoms with E-state index in [9.17, 15) is 4.79 Å². The van der Waals surface area contributed by atoms with Gasteiger partial charge in [-0.3, -0.25) is 0 Å². The second-order valence-electron chi connectivity index (χ2n) is 7.37. The third-order valence-electron chi connectivity index (χ3n) is 5.56. The Balaban J connectivity index is 3.60. The lowest BCUT2D eigenvalue weighted by molar-refractivity contribution is -0.157. The molecule has 25 heavy (non-hydrogen) atoms. The maximum Gasteiger partial charge on any atom is 0.330 e. The summed E-state index contributed by atoms with van der Waals surface area (Å²) in [7, 11) is 0. The molecule has 0 aromatic carbocycles.